The molecule has 0 unspecified atom stereocenters. The van der Waals surface area contributed by atoms with Gasteiger partial charge in [0.05, 0.1) is 6.42 Å². The van der Waals surface area contributed by atoms with Crippen LogP contribution in [0.1, 0.15) is 16.0 Å². The lowest BCUT2D eigenvalue weighted by molar-refractivity contribution is -0.136. The maximum absolute atomic E-state index is 12.2. The van der Waals surface area contributed by atoms with Gasteiger partial charge in [-0.1, -0.05) is 24.3 Å². The van der Waals surface area contributed by atoms with Crippen molar-refractivity contribution in [1.82, 2.24) is 4.72 Å². The smallest absolute Gasteiger partial charge is 0.308 e. The first kappa shape index (κ1) is 15.7. The van der Waals surface area contributed by atoms with E-state index in [0.717, 1.165) is 22.5 Å². The van der Waals surface area contributed by atoms with Gasteiger partial charge in [-0.2, -0.15) is 0 Å². The summed E-state index contributed by atoms with van der Waals surface area (Å²) in [5, 5.41) is 8.70. The minimum atomic E-state index is -3.61. The van der Waals surface area contributed by atoms with Gasteiger partial charge in [0.2, 0.25) is 10.0 Å². The summed E-state index contributed by atoms with van der Waals surface area (Å²) in [5.41, 5.74) is 1.92. The van der Waals surface area contributed by atoms with E-state index in [-0.39, 0.29) is 17.2 Å². The number of rotatable bonds is 6. The predicted molar refractivity (Wildman–Crippen MR) is 80.9 cm³/mol. The molecule has 0 spiro atoms. The van der Waals surface area contributed by atoms with Gasteiger partial charge >= 0.3 is 5.97 Å². The van der Waals surface area contributed by atoms with Crippen molar-refractivity contribution in [2.75, 3.05) is 0 Å². The normalized spacial score (nSPS) is 11.5. The summed E-state index contributed by atoms with van der Waals surface area (Å²) in [6.45, 7) is 2.13. The Hall–Kier alpha value is -1.70. The molecule has 0 bridgehead atoms. The van der Waals surface area contributed by atoms with Crippen LogP contribution in [0.2, 0.25) is 0 Å². The van der Waals surface area contributed by atoms with Gasteiger partial charge in [-0.25, -0.2) is 13.1 Å². The Balaban J connectivity index is 2.10. The van der Waals surface area contributed by atoms with Crippen LogP contribution in [0.15, 0.2) is 40.6 Å². The van der Waals surface area contributed by atoms with E-state index < -0.39 is 16.0 Å². The summed E-state index contributed by atoms with van der Waals surface area (Å²) in [4.78, 5) is 11.1. The maximum Gasteiger partial charge on any atom is 0.308 e. The average Bonchev–Trinajstić information content (AvgIpc) is 2.86. The van der Waals surface area contributed by atoms with Gasteiger partial charge in [0.25, 0.3) is 0 Å². The zero-order chi connectivity index (χ0) is 15.5. The Labute approximate surface area is 127 Å². The van der Waals surface area contributed by atoms with Crippen molar-refractivity contribution in [1.29, 1.82) is 0 Å². The number of hydrogen-bond donors (Lipinski definition) is 2. The fourth-order valence-corrected chi connectivity index (χ4v) is 4.20. The van der Waals surface area contributed by atoms with Gasteiger partial charge in [-0.3, -0.25) is 4.79 Å². The molecule has 7 heteroatoms. The quantitative estimate of drug-likeness (QED) is 0.852. The fraction of sp³-hybridized carbons (Fsp3) is 0.214. The van der Waals surface area contributed by atoms with E-state index >= 15 is 0 Å². The molecule has 2 N–H and O–H groups in total. The van der Waals surface area contributed by atoms with Crippen molar-refractivity contribution in [2.24, 2.45) is 0 Å². The first-order valence-electron chi connectivity index (χ1n) is 6.23. The molecule has 0 aliphatic carbocycles. The third-order valence-electron chi connectivity index (χ3n) is 2.94. The van der Waals surface area contributed by atoms with Crippen LogP contribution >= 0.6 is 11.3 Å². The van der Waals surface area contributed by atoms with Crippen molar-refractivity contribution in [2.45, 2.75) is 24.1 Å². The van der Waals surface area contributed by atoms with Crippen molar-refractivity contribution in [3.05, 3.63) is 52.4 Å². The van der Waals surface area contributed by atoms with Crippen LogP contribution in [0.3, 0.4) is 0 Å². The number of carbonyl (C=O) groups is 1. The highest BCUT2D eigenvalue weighted by molar-refractivity contribution is 7.91. The number of benzene rings is 1. The van der Waals surface area contributed by atoms with Gasteiger partial charge in [0.15, 0.2) is 0 Å². The Morgan fingerprint density at radius 3 is 2.62 bits per heavy atom. The van der Waals surface area contributed by atoms with Crippen LogP contribution in [0, 0.1) is 6.92 Å². The Kier molecular flexibility index (Phi) is 4.76. The number of sulfonamides is 1. The zero-order valence-electron chi connectivity index (χ0n) is 11.4. The minimum absolute atomic E-state index is 0.132. The molecule has 0 fully saturated rings. The van der Waals surface area contributed by atoms with Crippen molar-refractivity contribution >= 4 is 27.3 Å². The monoisotopic (exact) mass is 325 g/mol. The lowest BCUT2D eigenvalue weighted by atomic mass is 10.1. The molecule has 2 aromatic rings. The number of hydrogen-bond acceptors (Lipinski definition) is 4. The van der Waals surface area contributed by atoms with E-state index in [4.69, 9.17) is 5.11 Å². The largest absolute Gasteiger partial charge is 0.481 e. The average molecular weight is 325 g/mol. The third kappa shape index (κ3) is 4.13. The standard InChI is InChI=1S/C14H15NO4S2/c1-10-4-2-3-5-11(10)9-15-21(18,19)14-7-6-12(20-14)8-13(16)17/h2-7,15H,8-9H2,1H3,(H,16,17). The van der Waals surface area contributed by atoms with Crippen molar-refractivity contribution < 1.29 is 18.3 Å². The molecule has 0 radical (unpaired) electrons. The van der Waals surface area contributed by atoms with Gasteiger partial charge in [-0.15, -0.1) is 11.3 Å². The van der Waals surface area contributed by atoms with E-state index in [1.54, 1.807) is 0 Å². The molecule has 0 atom stereocenters. The van der Waals surface area contributed by atoms with E-state index in [9.17, 15) is 13.2 Å². The third-order valence-corrected chi connectivity index (χ3v) is 5.92. The Morgan fingerprint density at radius 2 is 1.95 bits per heavy atom. The molecule has 1 aromatic heterocycles. The summed E-state index contributed by atoms with van der Waals surface area (Å²) < 4.78 is 27.0. The van der Waals surface area contributed by atoms with E-state index in [0.29, 0.717) is 4.88 Å². The number of carboxylic acid groups (broad SMARTS) is 1. The Morgan fingerprint density at radius 1 is 1.24 bits per heavy atom. The number of nitrogens with one attached hydrogen (secondary N) is 1. The van der Waals surface area contributed by atoms with Crippen LogP contribution < -0.4 is 4.72 Å². The van der Waals surface area contributed by atoms with Crippen LogP contribution in [0.4, 0.5) is 0 Å². The molecule has 2 rings (SSSR count). The highest BCUT2D eigenvalue weighted by Gasteiger charge is 2.17. The highest BCUT2D eigenvalue weighted by atomic mass is 32.2. The fourth-order valence-electron chi connectivity index (χ4n) is 1.80. The first-order chi connectivity index (χ1) is 9.88. The molecule has 0 saturated carbocycles. The minimum Gasteiger partial charge on any atom is -0.481 e. The molecule has 112 valence electrons. The summed E-state index contributed by atoms with van der Waals surface area (Å²) >= 11 is 0.976. The van der Waals surface area contributed by atoms with Gasteiger partial charge in [0, 0.05) is 11.4 Å². The lowest BCUT2D eigenvalue weighted by Crippen LogP contribution is -2.22. The van der Waals surface area contributed by atoms with Crippen LogP contribution in [0.25, 0.3) is 0 Å². The molecule has 0 amide bonds. The summed E-state index contributed by atoms with van der Waals surface area (Å²) in [7, 11) is -3.61. The van der Waals surface area contributed by atoms with Crippen molar-refractivity contribution in [3.8, 4) is 0 Å². The molecular weight excluding hydrogens is 310 g/mol. The molecule has 1 heterocycles. The SMILES string of the molecule is Cc1ccccc1CNS(=O)(=O)c1ccc(CC(=O)O)s1. The van der Waals surface area contributed by atoms with E-state index in [1.807, 2.05) is 31.2 Å². The molecule has 0 aliphatic heterocycles. The second-order valence-corrected chi connectivity index (χ2v) is 7.70. The van der Waals surface area contributed by atoms with Crippen molar-refractivity contribution in [3.63, 3.8) is 0 Å². The molecular formula is C14H15NO4S2. The number of carboxylic acids is 1. The zero-order valence-corrected chi connectivity index (χ0v) is 13.0. The topological polar surface area (TPSA) is 83.5 Å². The molecule has 0 saturated heterocycles. The van der Waals surface area contributed by atoms with Gasteiger partial charge < -0.3 is 5.11 Å². The number of aryl methyl sites for hydroxylation is 1. The van der Waals surface area contributed by atoms with Gasteiger partial charge in [0.1, 0.15) is 4.21 Å². The van der Waals surface area contributed by atoms with Crippen LogP contribution in [0.5, 0.6) is 0 Å². The molecule has 5 nitrogen and oxygen atoms in total. The highest BCUT2D eigenvalue weighted by Crippen LogP contribution is 2.22. The van der Waals surface area contributed by atoms with Gasteiger partial charge in [-0.05, 0) is 30.2 Å². The van der Waals surface area contributed by atoms with E-state index in [2.05, 4.69) is 4.72 Å². The summed E-state index contributed by atoms with van der Waals surface area (Å²) in [6.07, 6.45) is -0.169. The number of aliphatic carboxylic acids is 1. The lowest BCUT2D eigenvalue weighted by Gasteiger charge is -2.07. The predicted octanol–water partition coefficient (Wildman–Crippen LogP) is 2.16. The Bertz CT molecular complexity index is 750. The second kappa shape index (κ2) is 6.38. The molecule has 0 aliphatic rings. The molecule has 1 aromatic carbocycles. The number of thiophene rings is 1. The molecule has 21 heavy (non-hydrogen) atoms. The second-order valence-electron chi connectivity index (χ2n) is 4.54. The van der Waals surface area contributed by atoms with E-state index in [1.165, 1.54) is 12.1 Å². The summed E-state index contributed by atoms with van der Waals surface area (Å²) in [5.74, 6) is -0.978. The summed E-state index contributed by atoms with van der Waals surface area (Å²) in [6, 6.07) is 10.5. The van der Waals surface area contributed by atoms with Crippen LogP contribution in [-0.2, 0) is 27.8 Å². The van der Waals surface area contributed by atoms with Crippen LogP contribution in [-0.4, -0.2) is 19.5 Å². The maximum atomic E-state index is 12.2. The first-order valence-corrected chi connectivity index (χ1v) is 8.53.